The maximum absolute atomic E-state index is 12.8. The number of rotatable bonds is 7. The number of sulfonamides is 1. The molecule has 9 heteroatoms. The van der Waals surface area contributed by atoms with Crippen LogP contribution >= 0.6 is 0 Å². The predicted molar refractivity (Wildman–Crippen MR) is 114 cm³/mol. The molecular weight excluding hydrogens is 406 g/mol. The Balaban J connectivity index is 1.82. The second-order valence-corrected chi connectivity index (χ2v) is 8.79. The number of hydrogen-bond acceptors (Lipinski definition) is 6. The van der Waals surface area contributed by atoms with Gasteiger partial charge < -0.3 is 4.74 Å². The van der Waals surface area contributed by atoms with Crippen molar-refractivity contribution in [2.75, 3.05) is 4.72 Å². The number of nitrogens with zero attached hydrogens (tertiary/aromatic N) is 2. The van der Waals surface area contributed by atoms with Crippen LogP contribution in [0.4, 0.5) is 5.82 Å². The summed E-state index contributed by atoms with van der Waals surface area (Å²) in [5.41, 5.74) is 3.04. The first-order chi connectivity index (χ1) is 14.2. The Kier molecular flexibility index (Phi) is 6.21. The van der Waals surface area contributed by atoms with Crippen LogP contribution in [-0.2, 0) is 16.6 Å². The number of nitrogens with one attached hydrogen (secondary N) is 1. The zero-order valence-electron chi connectivity index (χ0n) is 17.0. The first kappa shape index (κ1) is 21.5. The Morgan fingerprint density at radius 1 is 1.10 bits per heavy atom. The molecule has 0 spiro atoms. The molecule has 8 nitrogen and oxygen atoms in total. The Morgan fingerprint density at radius 3 is 2.40 bits per heavy atom. The molecule has 1 aromatic heterocycles. The summed E-state index contributed by atoms with van der Waals surface area (Å²) in [4.78, 5) is 14.8. The third-order valence-corrected chi connectivity index (χ3v) is 6.48. The Hall–Kier alpha value is -3.20. The summed E-state index contributed by atoms with van der Waals surface area (Å²) in [6, 6.07) is 9.73. The quantitative estimate of drug-likeness (QED) is 0.522. The summed E-state index contributed by atoms with van der Waals surface area (Å²) in [7, 11) is -3.87. The smallest absolute Gasteiger partial charge is 0.259 e. The normalized spacial score (nSPS) is 14.0. The van der Waals surface area contributed by atoms with Gasteiger partial charge >= 0.3 is 0 Å². The summed E-state index contributed by atoms with van der Waals surface area (Å²) in [6.07, 6.45) is 2.64. The van der Waals surface area contributed by atoms with Gasteiger partial charge in [-0.15, -0.1) is 0 Å². The largest absolute Gasteiger partial charge is 0.487 e. The third-order valence-electron chi connectivity index (χ3n) is 4.99. The average molecular weight is 429 g/mol. The highest BCUT2D eigenvalue weighted by atomic mass is 32.2. The maximum atomic E-state index is 12.8. The van der Waals surface area contributed by atoms with Gasteiger partial charge in [-0.25, -0.2) is 13.4 Å². The van der Waals surface area contributed by atoms with E-state index in [0.717, 1.165) is 11.1 Å². The third kappa shape index (κ3) is 4.68. The van der Waals surface area contributed by atoms with Crippen LogP contribution in [0.2, 0.25) is 0 Å². The van der Waals surface area contributed by atoms with Gasteiger partial charge in [-0.2, -0.15) is 0 Å². The molecule has 1 aliphatic carbocycles. The lowest BCUT2D eigenvalue weighted by Gasteiger charge is -2.18. The van der Waals surface area contributed by atoms with Gasteiger partial charge in [-0.05, 0) is 50.0 Å². The van der Waals surface area contributed by atoms with Crippen molar-refractivity contribution in [3.63, 3.8) is 0 Å². The van der Waals surface area contributed by atoms with Crippen LogP contribution in [0.1, 0.15) is 35.2 Å². The van der Waals surface area contributed by atoms with E-state index in [-0.39, 0.29) is 29.3 Å². The minimum atomic E-state index is -3.87. The minimum absolute atomic E-state index is 0.00476. The van der Waals surface area contributed by atoms with E-state index in [2.05, 4.69) is 9.71 Å². The lowest BCUT2D eigenvalue weighted by Crippen LogP contribution is -2.19. The highest BCUT2D eigenvalue weighted by molar-refractivity contribution is 7.96. The molecule has 1 heterocycles. The molecule has 0 saturated carbocycles. The fourth-order valence-corrected chi connectivity index (χ4v) is 4.34. The van der Waals surface area contributed by atoms with E-state index in [1.54, 1.807) is 13.8 Å². The fraction of sp³-hybridized carbons (Fsp3) is 0.286. The zero-order valence-corrected chi connectivity index (χ0v) is 17.8. The van der Waals surface area contributed by atoms with E-state index in [4.69, 9.17) is 4.74 Å². The van der Waals surface area contributed by atoms with Crippen LogP contribution < -0.4 is 9.46 Å². The number of aryl methyl sites for hydroxylation is 1. The number of benzene rings is 1. The minimum Gasteiger partial charge on any atom is -0.487 e. The molecule has 2 aromatic rings. The molecule has 30 heavy (non-hydrogen) atoms. The van der Waals surface area contributed by atoms with E-state index in [0.29, 0.717) is 23.6 Å². The summed E-state index contributed by atoms with van der Waals surface area (Å²) in [6.45, 7) is 5.77. The molecule has 3 rings (SSSR count). The average Bonchev–Trinajstić information content (AvgIpc) is 2.72. The topological polar surface area (TPSA) is 111 Å². The van der Waals surface area contributed by atoms with Crippen molar-refractivity contribution in [2.24, 2.45) is 0 Å². The second-order valence-electron chi connectivity index (χ2n) is 7.05. The summed E-state index contributed by atoms with van der Waals surface area (Å²) in [5, 5.41) is 10.8. The molecule has 1 aliphatic rings. The van der Waals surface area contributed by atoms with Crippen LogP contribution in [0.5, 0.6) is 5.75 Å². The van der Waals surface area contributed by atoms with Gasteiger partial charge in [0.2, 0.25) is 5.70 Å². The van der Waals surface area contributed by atoms with Crippen LogP contribution in [0.25, 0.3) is 0 Å². The Morgan fingerprint density at radius 2 is 1.80 bits per heavy atom. The van der Waals surface area contributed by atoms with E-state index >= 15 is 0 Å². The lowest BCUT2D eigenvalue weighted by molar-refractivity contribution is -0.428. The van der Waals surface area contributed by atoms with Gasteiger partial charge in [0.25, 0.3) is 10.0 Å². The summed E-state index contributed by atoms with van der Waals surface area (Å²) in [5.74, 6) is 0.844. The SMILES string of the molecule is Cc1nc(NS(=O)(=O)C2=CC=C([N+](=O)[O-])CC2)c(C)c(C)c1OCc1ccccc1. The van der Waals surface area contributed by atoms with Gasteiger partial charge in [0.1, 0.15) is 18.2 Å². The molecule has 0 radical (unpaired) electrons. The van der Waals surface area contributed by atoms with Gasteiger partial charge in [0, 0.05) is 12.5 Å². The molecule has 0 aliphatic heterocycles. The highest BCUT2D eigenvalue weighted by Crippen LogP contribution is 2.31. The molecule has 0 amide bonds. The van der Waals surface area contributed by atoms with Gasteiger partial charge in [-0.3, -0.25) is 14.8 Å². The van der Waals surface area contributed by atoms with Crippen molar-refractivity contribution in [2.45, 2.75) is 40.2 Å². The van der Waals surface area contributed by atoms with Crippen LogP contribution in [0.15, 0.2) is 53.1 Å². The number of ether oxygens (including phenoxy) is 1. The van der Waals surface area contributed by atoms with Gasteiger partial charge in [-0.1, -0.05) is 30.3 Å². The zero-order chi connectivity index (χ0) is 21.9. The molecule has 0 fully saturated rings. The molecule has 158 valence electrons. The number of nitro groups is 1. The molecule has 0 atom stereocenters. The van der Waals surface area contributed by atoms with Crippen molar-refractivity contribution in [1.82, 2.24) is 4.98 Å². The van der Waals surface area contributed by atoms with Crippen molar-refractivity contribution in [3.05, 3.63) is 85.6 Å². The highest BCUT2D eigenvalue weighted by Gasteiger charge is 2.25. The standard InChI is InChI=1S/C21H23N3O5S/c1-14-15(2)21(22-16(3)20(14)29-13-17-7-5-4-6-8-17)23-30(27,28)19-11-9-18(10-12-19)24(25)26/h4-9,11H,10,12-13H2,1-3H3,(H,22,23). The summed E-state index contributed by atoms with van der Waals surface area (Å²) >= 11 is 0. The molecular formula is C21H23N3O5S. The lowest BCUT2D eigenvalue weighted by atomic mass is 10.1. The first-order valence-corrected chi connectivity index (χ1v) is 10.9. The van der Waals surface area contributed by atoms with E-state index < -0.39 is 14.9 Å². The molecule has 0 unspecified atom stereocenters. The fourth-order valence-electron chi connectivity index (χ4n) is 3.14. The second kappa shape index (κ2) is 8.66. The molecule has 0 saturated heterocycles. The van der Waals surface area contributed by atoms with Crippen molar-refractivity contribution < 1.29 is 18.1 Å². The molecule has 0 bridgehead atoms. The van der Waals surface area contributed by atoms with E-state index in [9.17, 15) is 18.5 Å². The number of aromatic nitrogens is 1. The maximum Gasteiger partial charge on any atom is 0.259 e. The van der Waals surface area contributed by atoms with E-state index in [1.807, 2.05) is 37.3 Å². The number of anilines is 1. The molecule has 1 aromatic carbocycles. The van der Waals surface area contributed by atoms with Crippen LogP contribution in [0, 0.1) is 30.9 Å². The Labute approximate surface area is 175 Å². The Bertz CT molecular complexity index is 1140. The van der Waals surface area contributed by atoms with Crippen LogP contribution in [0.3, 0.4) is 0 Å². The van der Waals surface area contributed by atoms with Crippen molar-refractivity contribution in [3.8, 4) is 5.75 Å². The van der Waals surface area contributed by atoms with Gasteiger partial charge in [0.15, 0.2) is 0 Å². The van der Waals surface area contributed by atoms with Gasteiger partial charge in [0.05, 0.1) is 15.5 Å². The monoisotopic (exact) mass is 429 g/mol. The van der Waals surface area contributed by atoms with Crippen molar-refractivity contribution >= 4 is 15.8 Å². The summed E-state index contributed by atoms with van der Waals surface area (Å²) < 4.78 is 34.0. The number of hydrogen-bond donors (Lipinski definition) is 1. The first-order valence-electron chi connectivity index (χ1n) is 9.40. The number of allylic oxidation sites excluding steroid dienone is 4. The van der Waals surface area contributed by atoms with Crippen LogP contribution in [-0.4, -0.2) is 18.3 Å². The predicted octanol–water partition coefficient (Wildman–Crippen LogP) is 4.17. The van der Waals surface area contributed by atoms with Crippen molar-refractivity contribution in [1.29, 1.82) is 0 Å². The molecule has 1 N–H and O–H groups in total. The number of pyridine rings is 1. The van der Waals surface area contributed by atoms with E-state index in [1.165, 1.54) is 12.2 Å².